The Hall–Kier alpha value is -2.87. The van der Waals surface area contributed by atoms with Gasteiger partial charge in [-0.25, -0.2) is 8.42 Å². The maximum atomic E-state index is 12.4. The Morgan fingerprint density at radius 3 is 2.12 bits per heavy atom. The Balaban J connectivity index is 2.10. The number of carbonyl (C=O) groups excluding carboxylic acids is 1. The number of carboxylic acid groups (broad SMARTS) is 1. The van der Waals surface area contributed by atoms with E-state index < -0.39 is 16.0 Å². The monoisotopic (exact) mass is 376 g/mol. The highest BCUT2D eigenvalue weighted by Gasteiger charge is 2.14. The molecule has 7 nitrogen and oxygen atoms in total. The number of aryl methyl sites for hydroxylation is 1. The van der Waals surface area contributed by atoms with Crippen molar-refractivity contribution in [1.29, 1.82) is 0 Å². The van der Waals surface area contributed by atoms with E-state index in [9.17, 15) is 18.0 Å². The van der Waals surface area contributed by atoms with Crippen molar-refractivity contribution in [3.8, 4) is 0 Å². The first kappa shape index (κ1) is 19.5. The second-order valence-electron chi connectivity index (χ2n) is 5.77. The number of nitrogens with one attached hydrogen (secondary N) is 1. The predicted octanol–water partition coefficient (Wildman–Crippen LogP) is 2.49. The molecule has 0 aromatic heterocycles. The van der Waals surface area contributed by atoms with Crippen molar-refractivity contribution in [2.45, 2.75) is 24.7 Å². The molecule has 138 valence electrons. The van der Waals surface area contributed by atoms with Gasteiger partial charge in [0, 0.05) is 31.8 Å². The minimum Gasteiger partial charge on any atom is -0.481 e. The number of nitrogens with zero attached hydrogens (tertiary/aromatic N) is 1. The van der Waals surface area contributed by atoms with Crippen LogP contribution in [0.2, 0.25) is 0 Å². The lowest BCUT2D eigenvalue weighted by Crippen LogP contribution is -2.22. The molecule has 2 rings (SSSR count). The van der Waals surface area contributed by atoms with Gasteiger partial charge >= 0.3 is 5.97 Å². The maximum absolute atomic E-state index is 12.4. The third-order valence-corrected chi connectivity index (χ3v) is 5.24. The van der Waals surface area contributed by atoms with Gasteiger partial charge in [0.05, 0.1) is 4.90 Å². The molecule has 0 saturated carbocycles. The van der Waals surface area contributed by atoms with Crippen LogP contribution in [-0.2, 0) is 26.0 Å². The molecule has 0 spiro atoms. The van der Waals surface area contributed by atoms with E-state index in [1.165, 1.54) is 24.0 Å². The van der Waals surface area contributed by atoms with Crippen molar-refractivity contribution < 1.29 is 23.1 Å². The van der Waals surface area contributed by atoms with Crippen molar-refractivity contribution >= 4 is 33.3 Å². The molecule has 0 bridgehead atoms. The Labute approximate surface area is 152 Å². The molecule has 0 aliphatic rings. The summed E-state index contributed by atoms with van der Waals surface area (Å²) < 4.78 is 27.3. The standard InChI is InChI=1S/C18H20N2O5S/c1-13(21)20(2)16-8-6-15(7-9-16)19-26(24,25)17-10-3-14(4-11-17)5-12-18(22)23/h3-4,6-11,19H,5,12H2,1-2H3,(H,22,23). The molecule has 0 atom stereocenters. The number of benzene rings is 2. The fraction of sp³-hybridized carbons (Fsp3) is 0.222. The molecule has 1 amide bonds. The van der Waals surface area contributed by atoms with Crippen LogP contribution in [0.4, 0.5) is 11.4 Å². The van der Waals surface area contributed by atoms with Crippen LogP contribution in [0.5, 0.6) is 0 Å². The van der Waals surface area contributed by atoms with E-state index in [1.807, 2.05) is 0 Å². The average Bonchev–Trinajstić information content (AvgIpc) is 2.60. The Morgan fingerprint density at radius 1 is 1.04 bits per heavy atom. The van der Waals surface area contributed by atoms with Gasteiger partial charge in [0.1, 0.15) is 0 Å². The topological polar surface area (TPSA) is 104 Å². The van der Waals surface area contributed by atoms with E-state index >= 15 is 0 Å². The van der Waals surface area contributed by atoms with E-state index in [2.05, 4.69) is 4.72 Å². The molecule has 2 N–H and O–H groups in total. The van der Waals surface area contributed by atoms with Crippen LogP contribution in [0.1, 0.15) is 18.9 Å². The number of amides is 1. The van der Waals surface area contributed by atoms with Gasteiger partial charge < -0.3 is 10.0 Å². The Bertz CT molecular complexity index is 890. The molecule has 0 fully saturated rings. The summed E-state index contributed by atoms with van der Waals surface area (Å²) in [7, 11) is -2.13. The lowest BCUT2D eigenvalue weighted by molar-refractivity contribution is -0.137. The second kappa shape index (κ2) is 8.01. The Morgan fingerprint density at radius 2 is 1.62 bits per heavy atom. The van der Waals surface area contributed by atoms with Crippen molar-refractivity contribution in [2.24, 2.45) is 0 Å². The summed E-state index contributed by atoms with van der Waals surface area (Å²) in [6.07, 6.45) is 0.333. The number of carbonyl (C=O) groups is 2. The number of carboxylic acids is 1. The number of sulfonamides is 1. The normalized spacial score (nSPS) is 11.0. The first-order chi connectivity index (χ1) is 12.2. The average molecular weight is 376 g/mol. The molecule has 0 unspecified atom stereocenters. The highest BCUT2D eigenvalue weighted by Crippen LogP contribution is 2.20. The molecule has 0 heterocycles. The summed E-state index contributed by atoms with van der Waals surface area (Å²) >= 11 is 0. The second-order valence-corrected chi connectivity index (χ2v) is 7.45. The summed E-state index contributed by atoms with van der Waals surface area (Å²) in [6, 6.07) is 12.5. The quantitative estimate of drug-likeness (QED) is 0.773. The zero-order valence-corrected chi connectivity index (χ0v) is 15.3. The lowest BCUT2D eigenvalue weighted by atomic mass is 10.1. The molecule has 2 aromatic rings. The van der Waals surface area contributed by atoms with E-state index in [4.69, 9.17) is 5.11 Å². The maximum Gasteiger partial charge on any atom is 0.303 e. The van der Waals surface area contributed by atoms with Crippen molar-refractivity contribution in [2.75, 3.05) is 16.7 Å². The van der Waals surface area contributed by atoms with Crippen LogP contribution < -0.4 is 9.62 Å². The van der Waals surface area contributed by atoms with Gasteiger partial charge in [-0.15, -0.1) is 0 Å². The molecule has 8 heteroatoms. The van der Waals surface area contributed by atoms with Crippen LogP contribution >= 0.6 is 0 Å². The summed E-state index contributed by atoms with van der Waals surface area (Å²) in [4.78, 5) is 23.5. The molecular weight excluding hydrogens is 356 g/mol. The number of hydrogen-bond donors (Lipinski definition) is 2. The molecule has 2 aromatic carbocycles. The minimum absolute atomic E-state index is 0.00853. The van der Waals surface area contributed by atoms with Gasteiger partial charge in [-0.2, -0.15) is 0 Å². The van der Waals surface area contributed by atoms with Gasteiger partial charge in [-0.3, -0.25) is 14.3 Å². The third-order valence-electron chi connectivity index (χ3n) is 3.84. The van der Waals surface area contributed by atoms with E-state index in [-0.39, 0.29) is 17.2 Å². The van der Waals surface area contributed by atoms with Gasteiger partial charge in [0.15, 0.2) is 0 Å². The summed E-state index contributed by atoms with van der Waals surface area (Å²) in [5, 5.41) is 8.68. The smallest absolute Gasteiger partial charge is 0.303 e. The number of hydrogen-bond acceptors (Lipinski definition) is 4. The predicted molar refractivity (Wildman–Crippen MR) is 98.7 cm³/mol. The molecule has 26 heavy (non-hydrogen) atoms. The number of aliphatic carboxylic acids is 1. The highest BCUT2D eigenvalue weighted by atomic mass is 32.2. The van der Waals surface area contributed by atoms with Crippen LogP contribution in [0.15, 0.2) is 53.4 Å². The van der Waals surface area contributed by atoms with Crippen LogP contribution in [0, 0.1) is 0 Å². The van der Waals surface area contributed by atoms with Crippen LogP contribution in [0.25, 0.3) is 0 Å². The molecule has 0 aliphatic carbocycles. The third kappa shape index (κ3) is 5.06. The van der Waals surface area contributed by atoms with Gasteiger partial charge in [0.2, 0.25) is 5.91 Å². The van der Waals surface area contributed by atoms with Gasteiger partial charge in [0.25, 0.3) is 10.0 Å². The van der Waals surface area contributed by atoms with Crippen molar-refractivity contribution in [1.82, 2.24) is 0 Å². The van der Waals surface area contributed by atoms with Gasteiger partial charge in [-0.05, 0) is 48.4 Å². The summed E-state index contributed by atoms with van der Waals surface area (Å²) in [5.74, 6) is -1.02. The lowest BCUT2D eigenvalue weighted by Gasteiger charge is -2.15. The molecule has 0 saturated heterocycles. The van der Waals surface area contributed by atoms with Crippen molar-refractivity contribution in [3.63, 3.8) is 0 Å². The Kier molecular flexibility index (Phi) is 5.99. The number of anilines is 2. The fourth-order valence-electron chi connectivity index (χ4n) is 2.24. The zero-order chi connectivity index (χ0) is 19.3. The minimum atomic E-state index is -3.76. The van der Waals surface area contributed by atoms with Crippen LogP contribution in [0.3, 0.4) is 0 Å². The number of rotatable bonds is 7. The van der Waals surface area contributed by atoms with E-state index in [0.29, 0.717) is 17.8 Å². The fourth-order valence-corrected chi connectivity index (χ4v) is 3.29. The largest absolute Gasteiger partial charge is 0.481 e. The van der Waals surface area contributed by atoms with E-state index in [1.54, 1.807) is 43.4 Å². The van der Waals surface area contributed by atoms with E-state index in [0.717, 1.165) is 5.56 Å². The van der Waals surface area contributed by atoms with Crippen LogP contribution in [-0.4, -0.2) is 32.4 Å². The zero-order valence-electron chi connectivity index (χ0n) is 14.5. The molecule has 0 radical (unpaired) electrons. The SMILES string of the molecule is CC(=O)N(C)c1ccc(NS(=O)(=O)c2ccc(CCC(=O)O)cc2)cc1. The first-order valence-corrected chi connectivity index (χ1v) is 9.35. The summed E-state index contributed by atoms with van der Waals surface area (Å²) in [5.41, 5.74) is 1.78. The highest BCUT2D eigenvalue weighted by molar-refractivity contribution is 7.92. The molecular formula is C18H20N2O5S. The molecule has 0 aliphatic heterocycles. The first-order valence-electron chi connectivity index (χ1n) is 7.87. The van der Waals surface area contributed by atoms with Gasteiger partial charge in [-0.1, -0.05) is 12.1 Å². The van der Waals surface area contributed by atoms with Crippen molar-refractivity contribution in [3.05, 3.63) is 54.1 Å². The summed E-state index contributed by atoms with van der Waals surface area (Å²) in [6.45, 7) is 1.44.